The van der Waals surface area contributed by atoms with Crippen molar-refractivity contribution in [2.75, 3.05) is 12.9 Å². The molecule has 3 rings (SSSR count). The van der Waals surface area contributed by atoms with Gasteiger partial charge in [-0.25, -0.2) is 5.43 Å². The number of aromatic nitrogens is 2. The van der Waals surface area contributed by atoms with Gasteiger partial charge in [0, 0.05) is 20.8 Å². The zero-order chi connectivity index (χ0) is 21.3. The van der Waals surface area contributed by atoms with Gasteiger partial charge in [-0.1, -0.05) is 74.5 Å². The highest BCUT2D eigenvalue weighted by Crippen LogP contribution is 2.30. The van der Waals surface area contributed by atoms with Gasteiger partial charge in [0.25, 0.3) is 5.91 Å². The van der Waals surface area contributed by atoms with Crippen molar-refractivity contribution in [1.82, 2.24) is 15.6 Å². The van der Waals surface area contributed by atoms with Gasteiger partial charge < -0.3 is 4.74 Å². The minimum Gasteiger partial charge on any atom is -0.496 e. The Hall–Kier alpha value is -1.59. The maximum atomic E-state index is 12.0. The molecule has 0 atom stereocenters. The minimum atomic E-state index is -0.226. The topological polar surface area (TPSA) is 76.5 Å². The number of rotatable bonds is 9. The van der Waals surface area contributed by atoms with Crippen LogP contribution in [0.1, 0.15) is 11.1 Å². The number of hydrazone groups is 1. The van der Waals surface area contributed by atoms with E-state index >= 15 is 0 Å². The Bertz CT molecular complexity index is 1030. The lowest BCUT2D eigenvalue weighted by molar-refractivity contribution is -0.118. The first-order chi connectivity index (χ1) is 14.5. The van der Waals surface area contributed by atoms with Gasteiger partial charge >= 0.3 is 0 Å². The molecule has 11 heteroatoms. The minimum absolute atomic E-state index is 0.198. The van der Waals surface area contributed by atoms with Crippen LogP contribution >= 0.6 is 62.4 Å². The summed E-state index contributed by atoms with van der Waals surface area (Å²) in [5.41, 5.74) is 4.43. The number of thioether (sulfide) groups is 2. The van der Waals surface area contributed by atoms with E-state index < -0.39 is 0 Å². The Kier molecular flexibility index (Phi) is 9.01. The molecule has 0 fully saturated rings. The number of carbonyl (C=O) groups is 1. The Balaban J connectivity index is 1.44. The molecular weight excluding hydrogens is 528 g/mol. The molecule has 0 saturated heterocycles. The van der Waals surface area contributed by atoms with Crippen LogP contribution in [0.15, 0.2) is 60.7 Å². The average Bonchev–Trinajstić information content (AvgIpc) is 3.20. The Morgan fingerprint density at radius 2 is 1.97 bits per heavy atom. The van der Waals surface area contributed by atoms with Gasteiger partial charge in [0.2, 0.25) is 0 Å². The second kappa shape index (κ2) is 11.7. The van der Waals surface area contributed by atoms with Crippen molar-refractivity contribution in [3.8, 4) is 5.75 Å². The van der Waals surface area contributed by atoms with Crippen molar-refractivity contribution >= 4 is 74.5 Å². The van der Waals surface area contributed by atoms with E-state index in [9.17, 15) is 4.79 Å². The van der Waals surface area contributed by atoms with Gasteiger partial charge in [0.05, 0.1) is 19.1 Å². The molecule has 156 valence electrons. The van der Waals surface area contributed by atoms with Crippen molar-refractivity contribution in [2.45, 2.75) is 14.4 Å². The molecule has 0 aliphatic heterocycles. The molecule has 0 saturated carbocycles. The summed E-state index contributed by atoms with van der Waals surface area (Å²) in [6.45, 7) is 0. The smallest absolute Gasteiger partial charge is 0.250 e. The van der Waals surface area contributed by atoms with Crippen LogP contribution in [0.25, 0.3) is 0 Å². The maximum absolute atomic E-state index is 12.0. The number of amides is 1. The monoisotopic (exact) mass is 542 g/mol. The van der Waals surface area contributed by atoms with Crippen LogP contribution < -0.4 is 10.2 Å². The van der Waals surface area contributed by atoms with Gasteiger partial charge in [-0.3, -0.25) is 4.79 Å². The molecular formula is C19H16BrClN4O2S3. The first kappa shape index (κ1) is 23.1. The van der Waals surface area contributed by atoms with Gasteiger partial charge in [-0.15, -0.1) is 10.2 Å². The SMILES string of the molecule is COc1ccc(Br)cc1C=NNC(=O)CSc1nnc(SCc2ccc(Cl)cc2)s1. The van der Waals surface area contributed by atoms with E-state index in [2.05, 4.69) is 36.7 Å². The molecule has 0 aliphatic carbocycles. The van der Waals surface area contributed by atoms with E-state index in [1.165, 1.54) is 23.1 Å². The zero-order valence-electron chi connectivity index (χ0n) is 15.7. The van der Waals surface area contributed by atoms with E-state index in [1.807, 2.05) is 42.5 Å². The van der Waals surface area contributed by atoms with Gasteiger partial charge in [-0.05, 0) is 35.9 Å². The van der Waals surface area contributed by atoms with E-state index in [1.54, 1.807) is 25.1 Å². The van der Waals surface area contributed by atoms with Crippen LogP contribution in [0.2, 0.25) is 5.02 Å². The molecule has 1 heterocycles. The number of carbonyl (C=O) groups excluding carboxylic acids is 1. The Morgan fingerprint density at radius 1 is 1.23 bits per heavy atom. The average molecular weight is 544 g/mol. The maximum Gasteiger partial charge on any atom is 0.250 e. The quantitative estimate of drug-likeness (QED) is 0.218. The molecule has 1 aromatic heterocycles. The molecule has 2 aromatic carbocycles. The van der Waals surface area contributed by atoms with Crippen molar-refractivity contribution < 1.29 is 9.53 Å². The molecule has 30 heavy (non-hydrogen) atoms. The number of ether oxygens (including phenoxy) is 1. The van der Waals surface area contributed by atoms with Crippen LogP contribution in [0.4, 0.5) is 0 Å². The molecule has 0 unspecified atom stereocenters. The normalized spacial score (nSPS) is 11.0. The van der Waals surface area contributed by atoms with Crippen LogP contribution in [-0.2, 0) is 10.5 Å². The lowest BCUT2D eigenvalue weighted by Crippen LogP contribution is -2.19. The highest BCUT2D eigenvalue weighted by Gasteiger charge is 2.09. The Labute approximate surface area is 200 Å². The second-order valence-electron chi connectivity index (χ2n) is 5.72. The summed E-state index contributed by atoms with van der Waals surface area (Å²) >= 11 is 13.7. The predicted octanol–water partition coefficient (Wildman–Crippen LogP) is 5.50. The predicted molar refractivity (Wildman–Crippen MR) is 128 cm³/mol. The first-order valence-corrected chi connectivity index (χ1v) is 12.5. The second-order valence-corrected chi connectivity index (χ2v) is 10.5. The molecule has 0 bridgehead atoms. The van der Waals surface area contributed by atoms with E-state index in [-0.39, 0.29) is 11.7 Å². The summed E-state index contributed by atoms with van der Waals surface area (Å²) in [5.74, 6) is 1.42. The lowest BCUT2D eigenvalue weighted by atomic mass is 10.2. The van der Waals surface area contributed by atoms with Gasteiger partial charge in [0.15, 0.2) is 8.68 Å². The third-order valence-electron chi connectivity index (χ3n) is 3.57. The van der Waals surface area contributed by atoms with Crippen LogP contribution in [0.5, 0.6) is 5.75 Å². The zero-order valence-corrected chi connectivity index (χ0v) is 20.5. The summed E-state index contributed by atoms with van der Waals surface area (Å²) in [6, 6.07) is 13.3. The summed E-state index contributed by atoms with van der Waals surface area (Å²) < 4.78 is 7.76. The van der Waals surface area contributed by atoms with E-state index in [0.717, 1.165) is 35.1 Å². The fraction of sp³-hybridized carbons (Fsp3) is 0.158. The molecule has 0 radical (unpaired) electrons. The van der Waals surface area contributed by atoms with Crippen LogP contribution in [-0.4, -0.2) is 35.2 Å². The fourth-order valence-corrected chi connectivity index (χ4v) is 5.45. The van der Waals surface area contributed by atoms with E-state index in [4.69, 9.17) is 16.3 Å². The number of methoxy groups -OCH3 is 1. The molecule has 0 aliphatic rings. The summed E-state index contributed by atoms with van der Waals surface area (Å²) in [5, 5.41) is 13.0. The number of benzene rings is 2. The highest BCUT2D eigenvalue weighted by atomic mass is 79.9. The van der Waals surface area contributed by atoms with Gasteiger partial charge in [-0.2, -0.15) is 5.10 Å². The number of halogens is 2. The van der Waals surface area contributed by atoms with Crippen LogP contribution in [0, 0.1) is 0 Å². The molecule has 1 amide bonds. The van der Waals surface area contributed by atoms with Crippen molar-refractivity contribution in [1.29, 1.82) is 0 Å². The number of hydrogen-bond donors (Lipinski definition) is 1. The summed E-state index contributed by atoms with van der Waals surface area (Å²) in [7, 11) is 1.58. The molecule has 3 aromatic rings. The Morgan fingerprint density at radius 3 is 2.70 bits per heavy atom. The fourth-order valence-electron chi connectivity index (χ4n) is 2.18. The summed E-state index contributed by atoms with van der Waals surface area (Å²) in [4.78, 5) is 12.0. The third kappa shape index (κ3) is 7.28. The first-order valence-electron chi connectivity index (χ1n) is 8.52. The largest absolute Gasteiger partial charge is 0.496 e. The molecule has 0 spiro atoms. The molecule has 6 nitrogen and oxygen atoms in total. The summed E-state index contributed by atoms with van der Waals surface area (Å²) in [6.07, 6.45) is 1.54. The number of nitrogens with one attached hydrogen (secondary N) is 1. The van der Waals surface area contributed by atoms with Crippen LogP contribution in [0.3, 0.4) is 0 Å². The highest BCUT2D eigenvalue weighted by molar-refractivity contribution is 9.10. The standard InChI is InChI=1S/C19H16BrClN4O2S3/c1-27-16-7-4-14(20)8-13(16)9-22-23-17(26)11-29-19-25-24-18(30-19)28-10-12-2-5-15(21)6-3-12/h2-9H,10-11H2,1H3,(H,23,26). The number of hydrogen-bond acceptors (Lipinski definition) is 8. The lowest BCUT2D eigenvalue weighted by Gasteiger charge is -2.04. The number of nitrogens with zero attached hydrogens (tertiary/aromatic N) is 3. The van der Waals surface area contributed by atoms with Crippen molar-refractivity contribution in [3.63, 3.8) is 0 Å². The van der Waals surface area contributed by atoms with Gasteiger partial charge in [0.1, 0.15) is 5.75 Å². The molecule has 1 N–H and O–H groups in total. The third-order valence-corrected chi connectivity index (χ3v) is 7.58. The van der Waals surface area contributed by atoms with Crippen molar-refractivity contribution in [3.05, 3.63) is 63.1 Å². The van der Waals surface area contributed by atoms with Crippen molar-refractivity contribution in [2.24, 2.45) is 5.10 Å². The van der Waals surface area contributed by atoms with E-state index in [0.29, 0.717) is 5.75 Å².